The van der Waals surface area contributed by atoms with Gasteiger partial charge in [-0.1, -0.05) is 79.7 Å². The van der Waals surface area contributed by atoms with Crippen LogP contribution in [0.2, 0.25) is 0 Å². The Balaban J connectivity index is 1.55. The molecule has 1 aromatic heterocycles. The van der Waals surface area contributed by atoms with Crippen LogP contribution in [0.15, 0.2) is 94.1 Å². The molecule has 0 spiro atoms. The first-order valence-corrected chi connectivity index (χ1v) is 12.4. The van der Waals surface area contributed by atoms with Gasteiger partial charge in [-0.2, -0.15) is 0 Å². The molecule has 0 aliphatic carbocycles. The number of amides is 2. The van der Waals surface area contributed by atoms with Crippen LogP contribution in [-0.4, -0.2) is 35.6 Å². The smallest absolute Gasteiger partial charge is 0.287 e. The Labute approximate surface area is 215 Å². The Bertz CT molecular complexity index is 1420. The van der Waals surface area contributed by atoms with Gasteiger partial charge < -0.3 is 20.2 Å². The summed E-state index contributed by atoms with van der Waals surface area (Å²) < 4.78 is 5.84. The van der Waals surface area contributed by atoms with Crippen LogP contribution in [0.1, 0.15) is 34.2 Å². The first-order valence-electron chi connectivity index (χ1n) is 12.4. The molecule has 37 heavy (non-hydrogen) atoms. The van der Waals surface area contributed by atoms with Crippen molar-refractivity contribution in [1.29, 1.82) is 0 Å². The van der Waals surface area contributed by atoms with Crippen molar-refractivity contribution in [3.05, 3.63) is 118 Å². The number of aliphatic hydroxyl groups excluding tert-OH is 1. The van der Waals surface area contributed by atoms with Crippen LogP contribution < -0.4 is 16.1 Å². The van der Waals surface area contributed by atoms with Gasteiger partial charge in [-0.3, -0.25) is 14.4 Å². The van der Waals surface area contributed by atoms with Crippen molar-refractivity contribution in [3.63, 3.8) is 0 Å². The summed E-state index contributed by atoms with van der Waals surface area (Å²) in [6.07, 6.45) is -0.407. The number of fused-ring (bicyclic) bond motifs is 1. The third kappa shape index (κ3) is 6.32. The first-order chi connectivity index (χ1) is 18.0. The number of rotatable bonds is 10. The van der Waals surface area contributed by atoms with E-state index in [4.69, 9.17) is 4.42 Å². The molecule has 2 atom stereocenters. The van der Waals surface area contributed by atoms with E-state index >= 15 is 0 Å². The number of benzene rings is 3. The van der Waals surface area contributed by atoms with E-state index in [1.165, 1.54) is 0 Å². The van der Waals surface area contributed by atoms with Gasteiger partial charge in [0.25, 0.3) is 11.8 Å². The summed E-state index contributed by atoms with van der Waals surface area (Å²) in [4.78, 5) is 39.2. The van der Waals surface area contributed by atoms with Crippen molar-refractivity contribution in [2.45, 2.75) is 38.3 Å². The van der Waals surface area contributed by atoms with Crippen LogP contribution in [0.4, 0.5) is 0 Å². The molecule has 0 unspecified atom stereocenters. The molecule has 0 saturated heterocycles. The molecular weight excluding hydrogens is 468 g/mol. The highest BCUT2D eigenvalue weighted by Gasteiger charge is 2.30. The zero-order valence-corrected chi connectivity index (χ0v) is 20.6. The van der Waals surface area contributed by atoms with Gasteiger partial charge in [0.2, 0.25) is 0 Å². The Kier molecular flexibility index (Phi) is 8.48. The highest BCUT2D eigenvalue weighted by atomic mass is 16.3. The van der Waals surface area contributed by atoms with E-state index < -0.39 is 24.0 Å². The molecule has 0 bridgehead atoms. The molecule has 3 N–H and O–H groups in total. The van der Waals surface area contributed by atoms with Crippen LogP contribution in [0, 0.1) is 0 Å². The Morgan fingerprint density at radius 1 is 0.892 bits per heavy atom. The fourth-order valence-corrected chi connectivity index (χ4v) is 4.29. The number of nitrogens with one attached hydrogen (secondary N) is 2. The second kappa shape index (κ2) is 12.1. The summed E-state index contributed by atoms with van der Waals surface area (Å²) in [5.74, 6) is -1.36. The van der Waals surface area contributed by atoms with E-state index in [1.807, 2.05) is 60.7 Å². The molecular formula is C30H30N2O5. The summed E-state index contributed by atoms with van der Waals surface area (Å²) in [5.41, 5.74) is 2.17. The maximum absolute atomic E-state index is 13.4. The minimum absolute atomic E-state index is 0.110. The van der Waals surface area contributed by atoms with Gasteiger partial charge in [0.15, 0.2) is 17.3 Å². The van der Waals surface area contributed by atoms with Crippen molar-refractivity contribution < 1.29 is 19.1 Å². The predicted octanol–water partition coefficient (Wildman–Crippen LogP) is 3.42. The zero-order chi connectivity index (χ0) is 26.2. The van der Waals surface area contributed by atoms with Crippen molar-refractivity contribution >= 4 is 22.8 Å². The molecule has 0 saturated carbocycles. The van der Waals surface area contributed by atoms with Crippen LogP contribution >= 0.6 is 0 Å². The van der Waals surface area contributed by atoms with E-state index in [-0.39, 0.29) is 23.2 Å². The molecule has 0 aliphatic heterocycles. The Hall–Kier alpha value is -4.23. The lowest BCUT2D eigenvalue weighted by Gasteiger charge is -2.24. The number of carbonyl (C=O) groups excluding carboxylic acids is 2. The predicted molar refractivity (Wildman–Crippen MR) is 142 cm³/mol. The number of carbonyl (C=O) groups is 2. The van der Waals surface area contributed by atoms with Gasteiger partial charge in [0.05, 0.1) is 11.4 Å². The van der Waals surface area contributed by atoms with Gasteiger partial charge in [-0.15, -0.1) is 0 Å². The standard InChI is InChI=1S/C30H30N2O5/c1-2-22-26(33)23-15-9-10-16-25(23)37-28(22)30(36)32-24(19-21-13-7-4-8-14-21)27(34)29(35)31-18-17-20-11-5-3-6-12-20/h3-16,24,27,34H,2,17-19H2,1H3,(H,31,35)(H,32,36)/t24-,27+/m0/s1. The maximum atomic E-state index is 13.4. The summed E-state index contributed by atoms with van der Waals surface area (Å²) in [7, 11) is 0. The topological polar surface area (TPSA) is 109 Å². The molecule has 7 heteroatoms. The molecule has 4 rings (SSSR count). The maximum Gasteiger partial charge on any atom is 0.287 e. The minimum atomic E-state index is -1.52. The van der Waals surface area contributed by atoms with E-state index in [9.17, 15) is 19.5 Å². The zero-order valence-electron chi connectivity index (χ0n) is 20.6. The lowest BCUT2D eigenvalue weighted by atomic mass is 9.99. The summed E-state index contributed by atoms with van der Waals surface area (Å²) in [5, 5.41) is 16.9. The third-order valence-electron chi connectivity index (χ3n) is 6.27. The molecule has 190 valence electrons. The largest absolute Gasteiger partial charge is 0.450 e. The van der Waals surface area contributed by atoms with E-state index in [1.54, 1.807) is 31.2 Å². The van der Waals surface area contributed by atoms with Gasteiger partial charge in [0.1, 0.15) is 5.58 Å². The van der Waals surface area contributed by atoms with Crippen molar-refractivity contribution in [2.24, 2.45) is 0 Å². The van der Waals surface area contributed by atoms with Gasteiger partial charge in [-0.25, -0.2) is 0 Å². The van der Waals surface area contributed by atoms with Gasteiger partial charge in [0, 0.05) is 12.1 Å². The monoisotopic (exact) mass is 498 g/mol. The number of para-hydroxylation sites is 1. The molecule has 7 nitrogen and oxygen atoms in total. The Morgan fingerprint density at radius 3 is 2.19 bits per heavy atom. The Morgan fingerprint density at radius 2 is 1.51 bits per heavy atom. The van der Waals surface area contributed by atoms with Crippen LogP contribution in [0.3, 0.4) is 0 Å². The van der Waals surface area contributed by atoms with Gasteiger partial charge >= 0.3 is 0 Å². The van der Waals surface area contributed by atoms with Crippen molar-refractivity contribution in [1.82, 2.24) is 10.6 Å². The lowest BCUT2D eigenvalue weighted by molar-refractivity contribution is -0.130. The average molecular weight is 499 g/mol. The van der Waals surface area contributed by atoms with Crippen LogP contribution in [0.5, 0.6) is 0 Å². The summed E-state index contributed by atoms with van der Waals surface area (Å²) >= 11 is 0. The van der Waals surface area contributed by atoms with Gasteiger partial charge in [-0.05, 0) is 42.5 Å². The van der Waals surface area contributed by atoms with E-state index in [2.05, 4.69) is 10.6 Å². The molecule has 3 aromatic carbocycles. The minimum Gasteiger partial charge on any atom is -0.450 e. The summed E-state index contributed by atoms with van der Waals surface area (Å²) in [6.45, 7) is 2.11. The first kappa shape index (κ1) is 25.9. The average Bonchev–Trinajstić information content (AvgIpc) is 2.93. The molecule has 1 heterocycles. The normalized spacial score (nSPS) is 12.6. The van der Waals surface area contributed by atoms with Crippen molar-refractivity contribution in [2.75, 3.05) is 6.54 Å². The third-order valence-corrected chi connectivity index (χ3v) is 6.27. The summed E-state index contributed by atoms with van der Waals surface area (Å²) in [6, 6.07) is 24.7. The molecule has 0 fully saturated rings. The van der Waals surface area contributed by atoms with Crippen molar-refractivity contribution in [3.8, 4) is 0 Å². The molecule has 4 aromatic rings. The number of hydrogen-bond acceptors (Lipinski definition) is 5. The molecule has 0 aliphatic rings. The highest BCUT2D eigenvalue weighted by Crippen LogP contribution is 2.17. The van der Waals surface area contributed by atoms with E-state index in [0.717, 1.165) is 11.1 Å². The highest BCUT2D eigenvalue weighted by molar-refractivity contribution is 5.95. The second-order valence-corrected chi connectivity index (χ2v) is 8.83. The molecule has 2 amide bonds. The number of hydrogen-bond donors (Lipinski definition) is 3. The van der Waals surface area contributed by atoms with Crippen LogP contribution in [-0.2, 0) is 24.1 Å². The lowest BCUT2D eigenvalue weighted by Crippen LogP contribution is -2.52. The van der Waals surface area contributed by atoms with E-state index in [0.29, 0.717) is 30.4 Å². The second-order valence-electron chi connectivity index (χ2n) is 8.83. The quantitative estimate of drug-likeness (QED) is 0.311. The SMILES string of the molecule is CCc1c(C(=O)N[C@@H](Cc2ccccc2)[C@@H](O)C(=O)NCCc2ccccc2)oc2ccccc2c1=O. The van der Waals surface area contributed by atoms with Crippen LogP contribution in [0.25, 0.3) is 11.0 Å². The fraction of sp³-hybridized carbons (Fsp3) is 0.233. The number of aliphatic hydroxyl groups is 1. The fourth-order valence-electron chi connectivity index (χ4n) is 4.29. The molecule has 0 radical (unpaired) electrons.